The van der Waals surface area contributed by atoms with Crippen molar-refractivity contribution in [1.29, 1.82) is 0 Å². The first-order valence-electron chi connectivity index (χ1n) is 11.4. The Balaban J connectivity index is 1.27. The lowest BCUT2D eigenvalue weighted by molar-refractivity contribution is -0.162. The number of methoxy groups -OCH3 is 1. The molecule has 2 amide bonds. The smallest absolute Gasteiger partial charge is 0.263 e. The number of nitrogen functional groups attached to an aromatic ring is 1. The molecule has 0 aliphatic carbocycles. The standard InChI is InChI=1S/C23H27FN8O3/c1-23(35-2)12-31(13-23)22(34)14-4-7-30(8-5-14)17-3-6-26-10-16(17)28-21(33)18-19(25)29-32-11-15(24)9-27-20(18)32/h3,6,9-11,14H,4-5,7-8,12-13H2,1-2H3,(H2,25,29)(H,28,33). The number of likely N-dealkylation sites (tertiary alicyclic amines) is 1. The van der Waals surface area contributed by atoms with Gasteiger partial charge in [0.2, 0.25) is 5.91 Å². The van der Waals surface area contributed by atoms with Crippen LogP contribution in [0.3, 0.4) is 0 Å². The van der Waals surface area contributed by atoms with Gasteiger partial charge in [0.1, 0.15) is 5.56 Å². The number of aromatic nitrogens is 4. The summed E-state index contributed by atoms with van der Waals surface area (Å²) in [5.74, 6) is -1.02. The number of carbonyl (C=O) groups excluding carboxylic acids is 2. The predicted molar refractivity (Wildman–Crippen MR) is 126 cm³/mol. The van der Waals surface area contributed by atoms with Crippen molar-refractivity contribution in [2.45, 2.75) is 25.4 Å². The van der Waals surface area contributed by atoms with E-state index < -0.39 is 11.7 Å². The molecule has 11 nitrogen and oxygen atoms in total. The summed E-state index contributed by atoms with van der Waals surface area (Å²) in [4.78, 5) is 38.0. The van der Waals surface area contributed by atoms with Crippen molar-refractivity contribution >= 4 is 34.7 Å². The molecular weight excluding hydrogens is 455 g/mol. The van der Waals surface area contributed by atoms with Gasteiger partial charge in [0.15, 0.2) is 17.3 Å². The highest BCUT2D eigenvalue weighted by atomic mass is 19.1. The van der Waals surface area contributed by atoms with Crippen LogP contribution < -0.4 is 16.0 Å². The van der Waals surface area contributed by atoms with E-state index in [4.69, 9.17) is 10.5 Å². The number of pyridine rings is 1. The number of anilines is 3. The lowest BCUT2D eigenvalue weighted by atomic mass is 9.90. The maximum Gasteiger partial charge on any atom is 0.263 e. The molecule has 3 N–H and O–H groups in total. The zero-order chi connectivity index (χ0) is 24.7. The van der Waals surface area contributed by atoms with Crippen LogP contribution in [0.25, 0.3) is 5.65 Å². The fourth-order valence-electron chi connectivity index (χ4n) is 4.76. The van der Waals surface area contributed by atoms with Gasteiger partial charge in [-0.05, 0) is 25.8 Å². The van der Waals surface area contributed by atoms with E-state index in [-0.39, 0.29) is 34.5 Å². The molecule has 3 aromatic heterocycles. The molecule has 5 rings (SSSR count). The van der Waals surface area contributed by atoms with Gasteiger partial charge in [0.25, 0.3) is 5.91 Å². The number of rotatable bonds is 5. The lowest BCUT2D eigenvalue weighted by Crippen LogP contribution is -2.64. The van der Waals surface area contributed by atoms with Gasteiger partial charge in [-0.2, -0.15) is 0 Å². The van der Waals surface area contributed by atoms with Crippen molar-refractivity contribution in [2.75, 3.05) is 49.2 Å². The Morgan fingerprint density at radius 1 is 1.26 bits per heavy atom. The van der Waals surface area contributed by atoms with E-state index in [0.29, 0.717) is 44.7 Å². The molecule has 0 unspecified atom stereocenters. The van der Waals surface area contributed by atoms with E-state index in [1.165, 1.54) is 0 Å². The molecule has 5 heterocycles. The Morgan fingerprint density at radius 2 is 2.00 bits per heavy atom. The fourth-order valence-corrected chi connectivity index (χ4v) is 4.76. The first kappa shape index (κ1) is 23.0. The number of nitrogens with two attached hydrogens (primary N) is 1. The summed E-state index contributed by atoms with van der Waals surface area (Å²) in [5.41, 5.74) is 7.19. The zero-order valence-corrected chi connectivity index (χ0v) is 19.6. The quantitative estimate of drug-likeness (QED) is 0.560. The topological polar surface area (TPSA) is 131 Å². The SMILES string of the molecule is COC1(C)CN(C(=O)C2CCN(c3ccncc3NC(=O)c3c(N)nn4cc(F)cnc34)CC2)C1. The van der Waals surface area contributed by atoms with Gasteiger partial charge in [-0.1, -0.05) is 0 Å². The highest BCUT2D eigenvalue weighted by molar-refractivity contribution is 6.12. The number of hydrogen-bond acceptors (Lipinski definition) is 8. The molecule has 0 saturated carbocycles. The summed E-state index contributed by atoms with van der Waals surface area (Å²) >= 11 is 0. The van der Waals surface area contributed by atoms with Crippen molar-refractivity contribution in [1.82, 2.24) is 24.5 Å². The third-order valence-electron chi connectivity index (χ3n) is 6.78. The maximum atomic E-state index is 13.5. The summed E-state index contributed by atoms with van der Waals surface area (Å²) in [5, 5.41) is 6.82. The summed E-state index contributed by atoms with van der Waals surface area (Å²) in [7, 11) is 1.67. The van der Waals surface area contributed by atoms with Crippen LogP contribution >= 0.6 is 0 Å². The van der Waals surface area contributed by atoms with Gasteiger partial charge >= 0.3 is 0 Å². The van der Waals surface area contributed by atoms with E-state index in [9.17, 15) is 14.0 Å². The first-order chi connectivity index (χ1) is 16.8. The first-order valence-corrected chi connectivity index (χ1v) is 11.4. The van der Waals surface area contributed by atoms with E-state index in [1.807, 2.05) is 17.9 Å². The molecule has 2 fully saturated rings. The molecule has 0 radical (unpaired) electrons. The summed E-state index contributed by atoms with van der Waals surface area (Å²) in [6.07, 6.45) is 6.75. The Hall–Kier alpha value is -3.80. The number of hydrogen-bond donors (Lipinski definition) is 2. The molecule has 12 heteroatoms. The average Bonchev–Trinajstić information content (AvgIpc) is 3.16. The minimum atomic E-state index is -0.592. The fraction of sp³-hybridized carbons (Fsp3) is 0.435. The van der Waals surface area contributed by atoms with E-state index in [1.54, 1.807) is 19.5 Å². The molecule has 2 saturated heterocycles. The van der Waals surface area contributed by atoms with Crippen molar-refractivity contribution < 1.29 is 18.7 Å². The molecule has 0 atom stereocenters. The average molecular weight is 483 g/mol. The molecule has 184 valence electrons. The van der Waals surface area contributed by atoms with Gasteiger partial charge in [0.05, 0.1) is 48.7 Å². The Bertz CT molecular complexity index is 1280. The van der Waals surface area contributed by atoms with E-state index in [0.717, 1.165) is 22.6 Å². The summed E-state index contributed by atoms with van der Waals surface area (Å²) in [6.45, 7) is 4.58. The monoisotopic (exact) mass is 482 g/mol. The highest BCUT2D eigenvalue weighted by Gasteiger charge is 2.43. The molecule has 0 bridgehead atoms. The minimum Gasteiger partial charge on any atom is -0.381 e. The Kier molecular flexibility index (Phi) is 5.75. The van der Waals surface area contributed by atoms with Gasteiger partial charge < -0.3 is 25.6 Å². The third-order valence-corrected chi connectivity index (χ3v) is 6.78. The molecule has 2 aliphatic heterocycles. The second-order valence-corrected chi connectivity index (χ2v) is 9.26. The van der Waals surface area contributed by atoms with Crippen LogP contribution in [0.5, 0.6) is 0 Å². The van der Waals surface area contributed by atoms with E-state index >= 15 is 0 Å². The predicted octanol–water partition coefficient (Wildman–Crippen LogP) is 1.56. The summed E-state index contributed by atoms with van der Waals surface area (Å²) in [6, 6.07) is 1.82. The number of ether oxygens (including phenoxy) is 1. The van der Waals surface area contributed by atoms with Gasteiger partial charge in [0, 0.05) is 32.3 Å². The zero-order valence-electron chi connectivity index (χ0n) is 19.6. The van der Waals surface area contributed by atoms with Crippen LogP contribution in [-0.4, -0.2) is 75.2 Å². The van der Waals surface area contributed by atoms with Crippen LogP contribution in [0.15, 0.2) is 30.9 Å². The largest absolute Gasteiger partial charge is 0.381 e. The second-order valence-electron chi connectivity index (χ2n) is 9.26. The normalized spacial score (nSPS) is 17.9. The van der Waals surface area contributed by atoms with Crippen LogP contribution in [0, 0.1) is 11.7 Å². The van der Waals surface area contributed by atoms with Crippen LogP contribution in [-0.2, 0) is 9.53 Å². The van der Waals surface area contributed by atoms with Gasteiger partial charge in [-0.15, -0.1) is 5.10 Å². The number of nitrogens with one attached hydrogen (secondary N) is 1. The number of halogens is 1. The Morgan fingerprint density at radius 3 is 2.71 bits per heavy atom. The number of carbonyl (C=O) groups is 2. The highest BCUT2D eigenvalue weighted by Crippen LogP contribution is 2.32. The molecule has 35 heavy (non-hydrogen) atoms. The van der Waals surface area contributed by atoms with Crippen molar-refractivity contribution in [2.24, 2.45) is 5.92 Å². The van der Waals surface area contributed by atoms with E-state index in [2.05, 4.69) is 25.3 Å². The number of fused-ring (bicyclic) bond motifs is 1. The molecule has 0 spiro atoms. The van der Waals surface area contributed by atoms with Gasteiger partial charge in [-0.3, -0.25) is 14.6 Å². The molecule has 3 aromatic rings. The maximum absolute atomic E-state index is 13.5. The van der Waals surface area contributed by atoms with Crippen molar-refractivity contribution in [3.63, 3.8) is 0 Å². The molecular formula is C23H27FN8O3. The summed E-state index contributed by atoms with van der Waals surface area (Å²) < 4.78 is 20.1. The number of nitrogens with zero attached hydrogens (tertiary/aromatic N) is 6. The van der Waals surface area contributed by atoms with Crippen molar-refractivity contribution in [3.05, 3.63) is 42.2 Å². The van der Waals surface area contributed by atoms with Crippen LogP contribution in [0.4, 0.5) is 21.6 Å². The van der Waals surface area contributed by atoms with Crippen molar-refractivity contribution in [3.8, 4) is 0 Å². The molecule has 2 aliphatic rings. The second kappa shape index (κ2) is 8.77. The third kappa shape index (κ3) is 4.25. The van der Waals surface area contributed by atoms with Crippen LogP contribution in [0.2, 0.25) is 0 Å². The van der Waals surface area contributed by atoms with Gasteiger partial charge in [-0.25, -0.2) is 13.9 Å². The van der Waals surface area contributed by atoms with Crippen LogP contribution in [0.1, 0.15) is 30.1 Å². The minimum absolute atomic E-state index is 0.0300. The number of amides is 2. The Labute approximate surface area is 201 Å². The lowest BCUT2D eigenvalue weighted by Gasteiger charge is -2.48. The number of piperidine rings is 1. The molecule has 0 aromatic carbocycles.